The van der Waals surface area contributed by atoms with E-state index in [2.05, 4.69) is 66.3 Å². The predicted octanol–water partition coefficient (Wildman–Crippen LogP) is 9.46. The fourth-order valence-electron chi connectivity index (χ4n) is 8.00. The zero-order valence-corrected chi connectivity index (χ0v) is 32.4. The van der Waals surface area contributed by atoms with Crippen molar-refractivity contribution in [1.82, 2.24) is 4.31 Å². The highest BCUT2D eigenvalue weighted by Gasteiger charge is 2.51. The fraction of sp³-hybridized carbons (Fsp3) is 0.512. The molecule has 2 heterocycles. The number of ether oxygens (including phenoxy) is 2. The summed E-state index contributed by atoms with van der Waals surface area (Å²) in [6.07, 6.45) is 4.56. The molecule has 3 aromatic rings. The summed E-state index contributed by atoms with van der Waals surface area (Å²) in [5.74, 6) is -0.606. The van der Waals surface area contributed by atoms with Crippen molar-refractivity contribution in [2.75, 3.05) is 19.7 Å². The molecule has 5 rings (SSSR count). The van der Waals surface area contributed by atoms with Gasteiger partial charge in [0.25, 0.3) is 0 Å². The summed E-state index contributed by atoms with van der Waals surface area (Å²) in [7, 11) is -3.65. The molecular formula is C43H57NO6S. The average Bonchev–Trinajstić information content (AvgIpc) is 3.10. The lowest BCUT2D eigenvalue weighted by Crippen LogP contribution is -2.53. The van der Waals surface area contributed by atoms with Crippen LogP contribution in [-0.2, 0) is 30.4 Å². The molecular weight excluding hydrogens is 659 g/mol. The molecule has 0 unspecified atom stereocenters. The quantitative estimate of drug-likeness (QED) is 0.188. The number of carbonyl (C=O) groups is 1. The maximum absolute atomic E-state index is 13.9. The van der Waals surface area contributed by atoms with E-state index in [4.69, 9.17) is 9.47 Å². The van der Waals surface area contributed by atoms with Gasteiger partial charge in [0.2, 0.25) is 10.0 Å². The number of hydrogen-bond donors (Lipinski definition) is 1. The SMILES string of the molecule is C=C(C)[C@@H]1CC2(CCN(S(=O)(=O)c3ccc(C(C)(C)C)cc3)CC2)[C@@H](CCCC)O[C@H]1c1cc(C(C)(C)c2ccccc2)ccc1OCC(=O)O. The normalized spacial score (nSPS) is 21.4. The second-order valence-corrected chi connectivity index (χ2v) is 18.2. The van der Waals surface area contributed by atoms with Crippen molar-refractivity contribution in [3.8, 4) is 5.75 Å². The first-order chi connectivity index (χ1) is 24.0. The van der Waals surface area contributed by atoms with Gasteiger partial charge in [0, 0.05) is 30.0 Å². The van der Waals surface area contributed by atoms with E-state index in [9.17, 15) is 18.3 Å². The number of piperidine rings is 1. The van der Waals surface area contributed by atoms with E-state index in [1.807, 2.05) is 49.4 Å². The molecule has 0 aliphatic carbocycles. The van der Waals surface area contributed by atoms with Crippen molar-refractivity contribution >= 4 is 16.0 Å². The molecule has 7 nitrogen and oxygen atoms in total. The van der Waals surface area contributed by atoms with Crippen LogP contribution in [-0.4, -0.2) is 49.6 Å². The molecule has 2 fully saturated rings. The zero-order valence-electron chi connectivity index (χ0n) is 31.6. The highest BCUT2D eigenvalue weighted by molar-refractivity contribution is 7.89. The number of rotatable bonds is 12. The Kier molecular flexibility index (Phi) is 11.6. The van der Waals surface area contributed by atoms with Crippen molar-refractivity contribution in [3.63, 3.8) is 0 Å². The molecule has 1 spiro atoms. The fourth-order valence-corrected chi connectivity index (χ4v) is 9.45. The van der Waals surface area contributed by atoms with Crippen LogP contribution >= 0.6 is 0 Å². The Morgan fingerprint density at radius 3 is 2.16 bits per heavy atom. The third-order valence-corrected chi connectivity index (χ3v) is 13.3. The number of unbranched alkanes of at least 4 members (excludes halogenated alkanes) is 1. The zero-order chi connectivity index (χ0) is 37.2. The molecule has 0 aromatic heterocycles. The third kappa shape index (κ3) is 8.29. The Labute approximate surface area is 306 Å². The minimum atomic E-state index is -3.65. The summed E-state index contributed by atoms with van der Waals surface area (Å²) in [5.41, 5.74) is 4.55. The Hall–Kier alpha value is -3.46. The van der Waals surface area contributed by atoms with Crippen LogP contribution in [0.2, 0.25) is 0 Å². The standard InChI is InChI=1S/C43H57NO6S/c1-9-10-16-38-43(23-25-44(26-24-43)51(47,48)34-20-17-31(18-21-34)41(4,5)6)28-36(30(2)3)40(50-38)35-27-33(19-22-37(35)49-29-39(45)46)42(7,8)32-14-12-11-13-15-32/h11-15,17-22,27,36,38,40H,2,9-10,16,23-26,28-29H2,1,3-8H3,(H,45,46)/t36-,38+,40-/m0/s1. The molecule has 0 amide bonds. The van der Waals surface area contributed by atoms with Crippen LogP contribution in [0.5, 0.6) is 5.75 Å². The second-order valence-electron chi connectivity index (χ2n) is 16.3. The largest absolute Gasteiger partial charge is 0.482 e. The maximum Gasteiger partial charge on any atom is 0.341 e. The number of benzene rings is 3. The lowest BCUT2D eigenvalue weighted by Gasteiger charge is -2.54. The summed E-state index contributed by atoms with van der Waals surface area (Å²) >= 11 is 0. The van der Waals surface area contributed by atoms with Crippen LogP contribution in [0.15, 0.2) is 89.8 Å². The van der Waals surface area contributed by atoms with Gasteiger partial charge in [-0.3, -0.25) is 0 Å². The lowest BCUT2D eigenvalue weighted by atomic mass is 9.63. The Bertz CT molecular complexity index is 1780. The number of hydrogen-bond acceptors (Lipinski definition) is 5. The van der Waals surface area contributed by atoms with E-state index in [0.717, 1.165) is 47.9 Å². The number of sulfonamides is 1. The van der Waals surface area contributed by atoms with Crippen molar-refractivity contribution in [1.29, 1.82) is 0 Å². The van der Waals surface area contributed by atoms with E-state index in [1.165, 1.54) is 5.56 Å². The van der Waals surface area contributed by atoms with Gasteiger partial charge in [0.05, 0.1) is 17.1 Å². The first kappa shape index (κ1) is 38.8. The Morgan fingerprint density at radius 2 is 1.59 bits per heavy atom. The smallest absolute Gasteiger partial charge is 0.341 e. The highest BCUT2D eigenvalue weighted by Crippen LogP contribution is 2.55. The molecule has 276 valence electrons. The van der Waals surface area contributed by atoms with Crippen LogP contribution in [0.25, 0.3) is 0 Å². The van der Waals surface area contributed by atoms with E-state index in [-0.39, 0.29) is 28.3 Å². The van der Waals surface area contributed by atoms with Crippen LogP contribution in [0.4, 0.5) is 0 Å². The number of carboxylic acids is 1. The van der Waals surface area contributed by atoms with Gasteiger partial charge in [-0.15, -0.1) is 0 Å². The van der Waals surface area contributed by atoms with Gasteiger partial charge in [-0.1, -0.05) is 115 Å². The van der Waals surface area contributed by atoms with Gasteiger partial charge in [0.15, 0.2) is 6.61 Å². The van der Waals surface area contributed by atoms with Gasteiger partial charge in [-0.05, 0) is 84.4 Å². The lowest BCUT2D eigenvalue weighted by molar-refractivity contribution is -0.170. The van der Waals surface area contributed by atoms with E-state index in [0.29, 0.717) is 36.6 Å². The molecule has 1 N–H and O–H groups in total. The van der Waals surface area contributed by atoms with Gasteiger partial charge in [0.1, 0.15) is 5.75 Å². The maximum atomic E-state index is 13.9. The van der Waals surface area contributed by atoms with Crippen LogP contribution in [0, 0.1) is 11.3 Å². The first-order valence-corrected chi connectivity index (χ1v) is 19.9. The van der Waals surface area contributed by atoms with Crippen LogP contribution in [0.1, 0.15) is 115 Å². The molecule has 2 saturated heterocycles. The predicted molar refractivity (Wildman–Crippen MR) is 204 cm³/mol. The summed E-state index contributed by atoms with van der Waals surface area (Å²) in [5, 5.41) is 9.53. The summed E-state index contributed by atoms with van der Waals surface area (Å²) in [4.78, 5) is 12.0. The summed E-state index contributed by atoms with van der Waals surface area (Å²) in [6, 6.07) is 23.7. The van der Waals surface area contributed by atoms with Crippen LogP contribution in [0.3, 0.4) is 0 Å². The number of nitrogens with zero attached hydrogens (tertiary/aromatic N) is 1. The summed E-state index contributed by atoms with van der Waals surface area (Å²) in [6.45, 7) is 19.8. The van der Waals surface area contributed by atoms with Crippen molar-refractivity contribution in [3.05, 3.63) is 107 Å². The Morgan fingerprint density at radius 1 is 0.961 bits per heavy atom. The van der Waals surface area contributed by atoms with Gasteiger partial charge < -0.3 is 14.6 Å². The van der Waals surface area contributed by atoms with Gasteiger partial charge in [-0.2, -0.15) is 4.31 Å². The molecule has 0 radical (unpaired) electrons. The van der Waals surface area contributed by atoms with E-state index >= 15 is 0 Å². The summed E-state index contributed by atoms with van der Waals surface area (Å²) < 4.78 is 42.6. The molecule has 3 aromatic carbocycles. The average molecular weight is 716 g/mol. The molecule has 0 bridgehead atoms. The first-order valence-electron chi connectivity index (χ1n) is 18.5. The van der Waals surface area contributed by atoms with E-state index in [1.54, 1.807) is 16.4 Å². The topological polar surface area (TPSA) is 93.1 Å². The molecule has 8 heteroatoms. The second kappa shape index (κ2) is 15.3. The van der Waals surface area contributed by atoms with Gasteiger partial charge in [-0.25, -0.2) is 13.2 Å². The number of carboxylic acid groups (broad SMARTS) is 1. The van der Waals surface area contributed by atoms with E-state index < -0.39 is 28.7 Å². The number of aliphatic carboxylic acids is 1. The third-order valence-electron chi connectivity index (χ3n) is 11.4. The van der Waals surface area contributed by atoms with Gasteiger partial charge >= 0.3 is 5.97 Å². The monoisotopic (exact) mass is 715 g/mol. The minimum absolute atomic E-state index is 0.0610. The van der Waals surface area contributed by atoms with Crippen molar-refractivity contribution < 1.29 is 27.8 Å². The molecule has 0 saturated carbocycles. The molecule has 2 aliphatic rings. The Balaban J connectivity index is 1.48. The molecule has 3 atom stereocenters. The molecule has 51 heavy (non-hydrogen) atoms. The van der Waals surface area contributed by atoms with Crippen LogP contribution < -0.4 is 4.74 Å². The van der Waals surface area contributed by atoms with Crippen molar-refractivity contribution in [2.45, 2.75) is 115 Å². The van der Waals surface area contributed by atoms with Crippen molar-refractivity contribution in [2.24, 2.45) is 11.3 Å². The minimum Gasteiger partial charge on any atom is -0.482 e. The molecule has 2 aliphatic heterocycles. The highest BCUT2D eigenvalue weighted by atomic mass is 32.2.